The Hall–Kier alpha value is -3.22. The summed E-state index contributed by atoms with van der Waals surface area (Å²) in [5.41, 5.74) is 1.75. The minimum Gasteiger partial charge on any atom is -0.465 e. The molecular weight excluding hydrogens is 312 g/mol. The van der Waals surface area contributed by atoms with Gasteiger partial charge in [0.25, 0.3) is 5.69 Å². The summed E-state index contributed by atoms with van der Waals surface area (Å²) in [4.78, 5) is 34.2. The third-order valence-corrected chi connectivity index (χ3v) is 3.47. The number of amides is 1. The van der Waals surface area contributed by atoms with Crippen LogP contribution in [0.25, 0.3) is 0 Å². The number of esters is 1. The van der Waals surface area contributed by atoms with Crippen molar-refractivity contribution in [3.63, 3.8) is 0 Å². The molecule has 1 N–H and O–H groups in total. The molecule has 0 saturated carbocycles. The standard InChI is InChI=1S/C17H16N2O5/c1-11-7-8-13(17(21)24-2)9-14(11)18-16(20)10-12-5-3-4-6-15(12)19(22)23/h3-9H,10H2,1-2H3,(H,18,20). The van der Waals surface area contributed by atoms with Crippen LogP contribution in [0, 0.1) is 17.0 Å². The van der Waals surface area contributed by atoms with Gasteiger partial charge in [0.1, 0.15) is 0 Å². The average molecular weight is 328 g/mol. The zero-order valence-corrected chi connectivity index (χ0v) is 13.2. The molecule has 0 aliphatic rings. The van der Waals surface area contributed by atoms with E-state index in [1.54, 1.807) is 31.2 Å². The summed E-state index contributed by atoms with van der Waals surface area (Å²) >= 11 is 0. The minimum atomic E-state index is -0.522. The van der Waals surface area contributed by atoms with Gasteiger partial charge in [0.15, 0.2) is 0 Å². The number of nitrogens with one attached hydrogen (secondary N) is 1. The second-order valence-corrected chi connectivity index (χ2v) is 5.13. The number of nitro benzene ring substituents is 1. The molecule has 1 amide bonds. The van der Waals surface area contributed by atoms with Crippen LogP contribution in [0.2, 0.25) is 0 Å². The number of rotatable bonds is 5. The predicted octanol–water partition coefficient (Wildman–Crippen LogP) is 2.87. The third-order valence-electron chi connectivity index (χ3n) is 3.47. The molecule has 0 aromatic heterocycles. The fraction of sp³-hybridized carbons (Fsp3) is 0.176. The quantitative estimate of drug-likeness (QED) is 0.517. The van der Waals surface area contributed by atoms with Gasteiger partial charge >= 0.3 is 5.97 Å². The highest BCUT2D eigenvalue weighted by Crippen LogP contribution is 2.21. The molecule has 24 heavy (non-hydrogen) atoms. The number of hydrogen-bond donors (Lipinski definition) is 1. The number of benzene rings is 2. The highest BCUT2D eigenvalue weighted by atomic mass is 16.6. The minimum absolute atomic E-state index is 0.104. The Morgan fingerprint density at radius 2 is 1.92 bits per heavy atom. The average Bonchev–Trinajstić information content (AvgIpc) is 2.56. The fourth-order valence-electron chi connectivity index (χ4n) is 2.21. The third kappa shape index (κ3) is 3.95. The Kier molecular flexibility index (Phi) is 5.26. The van der Waals surface area contributed by atoms with Gasteiger partial charge in [-0.2, -0.15) is 0 Å². The lowest BCUT2D eigenvalue weighted by molar-refractivity contribution is -0.385. The monoisotopic (exact) mass is 328 g/mol. The van der Waals surface area contributed by atoms with Gasteiger partial charge in [-0.1, -0.05) is 24.3 Å². The van der Waals surface area contributed by atoms with Crippen LogP contribution in [-0.4, -0.2) is 23.9 Å². The maximum absolute atomic E-state index is 12.2. The SMILES string of the molecule is COC(=O)c1ccc(C)c(NC(=O)Cc2ccccc2[N+](=O)[O-])c1. The molecule has 7 heteroatoms. The molecule has 2 aromatic carbocycles. The Morgan fingerprint density at radius 1 is 1.21 bits per heavy atom. The lowest BCUT2D eigenvalue weighted by Crippen LogP contribution is -2.16. The van der Waals surface area contributed by atoms with E-state index in [2.05, 4.69) is 10.1 Å². The van der Waals surface area contributed by atoms with Crippen LogP contribution >= 0.6 is 0 Å². The number of anilines is 1. The molecule has 7 nitrogen and oxygen atoms in total. The van der Waals surface area contributed by atoms with Crippen LogP contribution in [-0.2, 0) is 16.0 Å². The molecule has 0 bridgehead atoms. The molecule has 0 saturated heterocycles. The number of nitro groups is 1. The maximum Gasteiger partial charge on any atom is 0.337 e. The van der Waals surface area contributed by atoms with E-state index in [1.807, 2.05) is 0 Å². The number of carbonyl (C=O) groups is 2. The molecule has 2 aromatic rings. The van der Waals surface area contributed by atoms with Crippen molar-refractivity contribution in [2.45, 2.75) is 13.3 Å². The molecule has 0 fully saturated rings. The molecule has 0 atom stereocenters. The maximum atomic E-state index is 12.2. The van der Waals surface area contributed by atoms with Gasteiger partial charge in [-0.25, -0.2) is 4.79 Å². The summed E-state index contributed by atoms with van der Waals surface area (Å²) in [7, 11) is 1.27. The van der Waals surface area contributed by atoms with Crippen LogP contribution in [0.1, 0.15) is 21.5 Å². The first-order chi connectivity index (χ1) is 11.4. The van der Waals surface area contributed by atoms with E-state index in [9.17, 15) is 19.7 Å². The number of nitrogens with zero attached hydrogens (tertiary/aromatic N) is 1. The van der Waals surface area contributed by atoms with Gasteiger partial charge in [-0.15, -0.1) is 0 Å². The Balaban J connectivity index is 2.19. The van der Waals surface area contributed by atoms with Crippen molar-refractivity contribution in [2.75, 3.05) is 12.4 Å². The number of aryl methyl sites for hydroxylation is 1. The highest BCUT2D eigenvalue weighted by Gasteiger charge is 2.16. The molecule has 0 unspecified atom stereocenters. The van der Waals surface area contributed by atoms with Gasteiger partial charge in [-0.05, 0) is 24.6 Å². The van der Waals surface area contributed by atoms with Crippen LogP contribution < -0.4 is 5.32 Å². The van der Waals surface area contributed by atoms with Crippen molar-refractivity contribution < 1.29 is 19.2 Å². The van der Waals surface area contributed by atoms with E-state index in [0.29, 0.717) is 16.8 Å². The van der Waals surface area contributed by atoms with Crippen molar-refractivity contribution in [3.05, 3.63) is 69.3 Å². The summed E-state index contributed by atoms with van der Waals surface area (Å²) < 4.78 is 4.65. The van der Waals surface area contributed by atoms with Crippen LogP contribution in [0.4, 0.5) is 11.4 Å². The highest BCUT2D eigenvalue weighted by molar-refractivity contribution is 5.96. The lowest BCUT2D eigenvalue weighted by Gasteiger charge is -2.10. The van der Waals surface area contributed by atoms with Gasteiger partial charge in [0.2, 0.25) is 5.91 Å². The summed E-state index contributed by atoms with van der Waals surface area (Å²) in [6, 6.07) is 10.9. The number of ether oxygens (including phenoxy) is 1. The van der Waals surface area contributed by atoms with E-state index in [0.717, 1.165) is 5.56 Å². The van der Waals surface area contributed by atoms with Gasteiger partial charge in [0, 0.05) is 17.3 Å². The smallest absolute Gasteiger partial charge is 0.337 e. The van der Waals surface area contributed by atoms with Crippen molar-refractivity contribution in [1.29, 1.82) is 0 Å². The Bertz CT molecular complexity index is 801. The molecule has 0 aliphatic heterocycles. The molecule has 124 valence electrons. The fourth-order valence-corrected chi connectivity index (χ4v) is 2.21. The van der Waals surface area contributed by atoms with Crippen LogP contribution in [0.3, 0.4) is 0 Å². The lowest BCUT2D eigenvalue weighted by atomic mass is 10.1. The van der Waals surface area contributed by atoms with E-state index in [-0.39, 0.29) is 12.1 Å². The molecule has 0 spiro atoms. The summed E-state index contributed by atoms with van der Waals surface area (Å²) in [5.74, 6) is -0.918. The molecular formula is C17H16N2O5. The zero-order valence-electron chi connectivity index (χ0n) is 13.2. The van der Waals surface area contributed by atoms with Crippen molar-refractivity contribution in [3.8, 4) is 0 Å². The Morgan fingerprint density at radius 3 is 2.58 bits per heavy atom. The first kappa shape index (κ1) is 17.1. The van der Waals surface area contributed by atoms with E-state index < -0.39 is 16.8 Å². The predicted molar refractivity (Wildman–Crippen MR) is 87.9 cm³/mol. The summed E-state index contributed by atoms with van der Waals surface area (Å²) in [6.45, 7) is 1.78. The first-order valence-electron chi connectivity index (χ1n) is 7.13. The zero-order chi connectivity index (χ0) is 17.7. The summed E-state index contributed by atoms with van der Waals surface area (Å²) in [6.07, 6.45) is -0.140. The van der Waals surface area contributed by atoms with E-state index in [1.165, 1.54) is 25.3 Å². The van der Waals surface area contributed by atoms with Gasteiger partial charge < -0.3 is 10.1 Å². The largest absolute Gasteiger partial charge is 0.465 e. The first-order valence-corrected chi connectivity index (χ1v) is 7.13. The molecule has 0 aliphatic carbocycles. The topological polar surface area (TPSA) is 98.5 Å². The second kappa shape index (κ2) is 7.36. The number of methoxy groups -OCH3 is 1. The van der Waals surface area contributed by atoms with E-state index in [4.69, 9.17) is 0 Å². The van der Waals surface area contributed by atoms with Crippen molar-refractivity contribution in [1.82, 2.24) is 0 Å². The van der Waals surface area contributed by atoms with Crippen molar-refractivity contribution >= 4 is 23.3 Å². The molecule has 0 radical (unpaired) electrons. The molecule has 0 heterocycles. The van der Waals surface area contributed by atoms with Gasteiger partial charge in [-0.3, -0.25) is 14.9 Å². The molecule has 2 rings (SSSR count). The van der Waals surface area contributed by atoms with E-state index >= 15 is 0 Å². The normalized spacial score (nSPS) is 10.1. The van der Waals surface area contributed by atoms with Gasteiger partial charge in [0.05, 0.1) is 24.0 Å². The number of hydrogen-bond acceptors (Lipinski definition) is 5. The second-order valence-electron chi connectivity index (χ2n) is 5.13. The van der Waals surface area contributed by atoms with Crippen molar-refractivity contribution in [2.24, 2.45) is 0 Å². The number of carbonyl (C=O) groups excluding carboxylic acids is 2. The summed E-state index contributed by atoms with van der Waals surface area (Å²) in [5, 5.41) is 13.7. The Labute approximate surface area is 138 Å². The van der Waals surface area contributed by atoms with Crippen LogP contribution in [0.15, 0.2) is 42.5 Å². The number of para-hydroxylation sites is 1. The van der Waals surface area contributed by atoms with Crippen LogP contribution in [0.5, 0.6) is 0 Å².